The third-order valence-corrected chi connectivity index (χ3v) is 2.76. The van der Waals surface area contributed by atoms with Crippen molar-refractivity contribution in [1.29, 1.82) is 0 Å². The molecule has 3 N–H and O–H groups in total. The molecule has 0 saturated heterocycles. The first-order valence-corrected chi connectivity index (χ1v) is 6.63. The third kappa shape index (κ3) is 9.55. The average Bonchev–Trinajstić information content (AvgIpc) is 2.38. The van der Waals surface area contributed by atoms with Gasteiger partial charge < -0.3 is 20.5 Å². The zero-order valence-electron chi connectivity index (χ0n) is 12.3. The maximum atomic E-state index is 11.5. The molecule has 0 aliphatic rings. The normalized spacial score (nSPS) is 11.6. The smallest absolute Gasteiger partial charge is 0.322 e. The third-order valence-electron chi connectivity index (χ3n) is 2.76. The van der Waals surface area contributed by atoms with Gasteiger partial charge in [0.15, 0.2) is 0 Å². The van der Waals surface area contributed by atoms with Gasteiger partial charge in [-0.15, -0.1) is 0 Å². The van der Waals surface area contributed by atoms with E-state index in [4.69, 9.17) is 15.6 Å². The molecule has 0 aliphatic heterocycles. The Balaban J connectivity index is 4.07. The number of esters is 1. The van der Waals surface area contributed by atoms with Gasteiger partial charge in [-0.3, -0.25) is 19.2 Å². The number of hydrogen-bond donors (Lipinski definition) is 2. The monoisotopic (exact) mass is 302 g/mol. The Morgan fingerprint density at radius 3 is 2.24 bits per heavy atom. The fourth-order valence-corrected chi connectivity index (χ4v) is 1.48. The lowest BCUT2D eigenvalue weighted by Crippen LogP contribution is -2.37. The molecular weight excluding hydrogens is 280 g/mol. The molecule has 0 bridgehead atoms. The SMILES string of the molecule is CC(=O)CCN(CCOC(=O)[C@@H](N)CCC(=O)O)C(C)=O. The van der Waals surface area contributed by atoms with Gasteiger partial charge in [-0.25, -0.2) is 0 Å². The van der Waals surface area contributed by atoms with Crippen molar-refractivity contribution in [3.63, 3.8) is 0 Å². The zero-order valence-corrected chi connectivity index (χ0v) is 12.3. The molecule has 0 aromatic rings. The molecule has 0 spiro atoms. The van der Waals surface area contributed by atoms with E-state index in [1.807, 2.05) is 0 Å². The van der Waals surface area contributed by atoms with Crippen molar-refractivity contribution in [3.8, 4) is 0 Å². The highest BCUT2D eigenvalue weighted by molar-refractivity contribution is 5.78. The van der Waals surface area contributed by atoms with Gasteiger partial charge in [0.2, 0.25) is 5.91 Å². The highest BCUT2D eigenvalue weighted by Crippen LogP contribution is 1.99. The molecule has 8 nitrogen and oxygen atoms in total. The lowest BCUT2D eigenvalue weighted by atomic mass is 10.2. The molecule has 120 valence electrons. The maximum absolute atomic E-state index is 11.5. The molecule has 1 atom stereocenters. The number of ether oxygens (including phenoxy) is 1. The largest absolute Gasteiger partial charge is 0.481 e. The van der Waals surface area contributed by atoms with Gasteiger partial charge in [-0.05, 0) is 13.3 Å². The summed E-state index contributed by atoms with van der Waals surface area (Å²) in [5.74, 6) is -1.99. The maximum Gasteiger partial charge on any atom is 0.322 e. The van der Waals surface area contributed by atoms with Crippen molar-refractivity contribution >= 4 is 23.6 Å². The van der Waals surface area contributed by atoms with E-state index in [1.54, 1.807) is 0 Å². The minimum Gasteiger partial charge on any atom is -0.481 e. The number of aliphatic carboxylic acids is 1. The summed E-state index contributed by atoms with van der Waals surface area (Å²) in [6.07, 6.45) is 0.0228. The molecule has 0 fully saturated rings. The van der Waals surface area contributed by atoms with Gasteiger partial charge in [-0.1, -0.05) is 0 Å². The molecule has 1 amide bonds. The predicted octanol–water partition coefficient (Wildman–Crippen LogP) is -0.451. The molecule has 0 unspecified atom stereocenters. The number of hydrogen-bond acceptors (Lipinski definition) is 6. The first-order valence-electron chi connectivity index (χ1n) is 6.63. The van der Waals surface area contributed by atoms with Gasteiger partial charge in [0.05, 0.1) is 6.54 Å². The average molecular weight is 302 g/mol. The number of nitrogens with two attached hydrogens (primary N) is 1. The summed E-state index contributed by atoms with van der Waals surface area (Å²) >= 11 is 0. The lowest BCUT2D eigenvalue weighted by molar-refractivity contribution is -0.147. The Hall–Kier alpha value is -1.96. The molecule has 0 aromatic heterocycles. The Morgan fingerprint density at radius 2 is 1.76 bits per heavy atom. The summed E-state index contributed by atoms with van der Waals surface area (Å²) in [6.45, 7) is 3.19. The molecule has 0 aromatic carbocycles. The molecule has 0 heterocycles. The zero-order chi connectivity index (χ0) is 16.4. The van der Waals surface area contributed by atoms with Crippen molar-refractivity contribution in [3.05, 3.63) is 0 Å². The molecule has 8 heteroatoms. The van der Waals surface area contributed by atoms with E-state index in [-0.39, 0.29) is 50.6 Å². The molecule has 0 saturated carbocycles. The fourth-order valence-electron chi connectivity index (χ4n) is 1.48. The first kappa shape index (κ1) is 19.0. The standard InChI is InChI=1S/C13H22N2O6/c1-9(16)5-6-15(10(2)17)7-8-21-13(20)11(14)3-4-12(18)19/h11H,3-8,14H2,1-2H3,(H,18,19)/t11-/m0/s1. The van der Waals surface area contributed by atoms with Gasteiger partial charge in [0, 0.05) is 26.3 Å². The second-order valence-corrected chi connectivity index (χ2v) is 4.66. The fraction of sp³-hybridized carbons (Fsp3) is 0.692. The number of nitrogens with zero attached hydrogens (tertiary/aromatic N) is 1. The van der Waals surface area contributed by atoms with Crippen molar-refractivity contribution in [2.45, 2.75) is 39.2 Å². The van der Waals surface area contributed by atoms with Crippen LogP contribution in [0.3, 0.4) is 0 Å². The summed E-state index contributed by atoms with van der Waals surface area (Å²) in [4.78, 5) is 45.4. The van der Waals surface area contributed by atoms with Crippen LogP contribution in [0.15, 0.2) is 0 Å². The van der Waals surface area contributed by atoms with E-state index < -0.39 is 18.0 Å². The van der Waals surface area contributed by atoms with Crippen molar-refractivity contribution < 1.29 is 29.0 Å². The van der Waals surface area contributed by atoms with Crippen LogP contribution in [0.5, 0.6) is 0 Å². The van der Waals surface area contributed by atoms with Crippen LogP contribution in [-0.2, 0) is 23.9 Å². The summed E-state index contributed by atoms with van der Waals surface area (Å²) in [6, 6.07) is -0.996. The number of Topliss-reactive ketones (excluding diaryl/α,β-unsaturated/α-hetero) is 1. The summed E-state index contributed by atoms with van der Waals surface area (Å²) < 4.78 is 4.89. The molecule has 21 heavy (non-hydrogen) atoms. The quantitative estimate of drug-likeness (QED) is 0.523. The van der Waals surface area contributed by atoms with Gasteiger partial charge in [0.25, 0.3) is 0 Å². The molecule has 0 radical (unpaired) electrons. The first-order chi connectivity index (χ1) is 9.73. The Kier molecular flexibility index (Phi) is 8.95. The van der Waals surface area contributed by atoms with E-state index in [0.29, 0.717) is 0 Å². The van der Waals surface area contributed by atoms with E-state index >= 15 is 0 Å². The molecular formula is C13H22N2O6. The number of rotatable bonds is 10. The number of carboxylic acid groups (broad SMARTS) is 1. The van der Waals surface area contributed by atoms with E-state index in [1.165, 1.54) is 18.7 Å². The van der Waals surface area contributed by atoms with Crippen LogP contribution >= 0.6 is 0 Å². The highest BCUT2D eigenvalue weighted by atomic mass is 16.5. The number of amides is 1. The summed E-state index contributed by atoms with van der Waals surface area (Å²) in [5, 5.41) is 8.48. The van der Waals surface area contributed by atoms with Crippen LogP contribution in [0.1, 0.15) is 33.1 Å². The van der Waals surface area contributed by atoms with Crippen LogP contribution in [0.2, 0.25) is 0 Å². The van der Waals surface area contributed by atoms with Crippen LogP contribution in [0, 0.1) is 0 Å². The predicted molar refractivity (Wildman–Crippen MR) is 73.4 cm³/mol. The Bertz CT molecular complexity index is 396. The molecule has 0 rings (SSSR count). The van der Waals surface area contributed by atoms with Crippen LogP contribution in [0.4, 0.5) is 0 Å². The Labute approximate surface area is 123 Å². The summed E-state index contributed by atoms with van der Waals surface area (Å²) in [5.41, 5.74) is 5.48. The van der Waals surface area contributed by atoms with Crippen LogP contribution in [0.25, 0.3) is 0 Å². The van der Waals surface area contributed by atoms with Crippen LogP contribution in [-0.4, -0.2) is 59.4 Å². The van der Waals surface area contributed by atoms with E-state index in [0.717, 1.165) is 0 Å². The highest BCUT2D eigenvalue weighted by Gasteiger charge is 2.17. The number of carbonyl (C=O) groups is 4. The van der Waals surface area contributed by atoms with Gasteiger partial charge >= 0.3 is 11.9 Å². The van der Waals surface area contributed by atoms with Gasteiger partial charge in [-0.2, -0.15) is 0 Å². The summed E-state index contributed by atoms with van der Waals surface area (Å²) in [7, 11) is 0. The minimum atomic E-state index is -1.04. The van der Waals surface area contributed by atoms with Crippen molar-refractivity contribution in [2.24, 2.45) is 5.73 Å². The number of ketones is 1. The second-order valence-electron chi connectivity index (χ2n) is 4.66. The van der Waals surface area contributed by atoms with E-state index in [2.05, 4.69) is 0 Å². The van der Waals surface area contributed by atoms with Crippen LogP contribution < -0.4 is 5.73 Å². The number of carboxylic acids is 1. The lowest BCUT2D eigenvalue weighted by Gasteiger charge is -2.20. The van der Waals surface area contributed by atoms with Crippen molar-refractivity contribution in [1.82, 2.24) is 4.90 Å². The number of carbonyl (C=O) groups excluding carboxylic acids is 3. The Morgan fingerprint density at radius 1 is 1.14 bits per heavy atom. The second kappa shape index (κ2) is 9.87. The topological polar surface area (TPSA) is 127 Å². The minimum absolute atomic E-state index is 0.00503. The van der Waals surface area contributed by atoms with Crippen molar-refractivity contribution in [2.75, 3.05) is 19.7 Å². The van der Waals surface area contributed by atoms with E-state index in [9.17, 15) is 19.2 Å². The molecule has 0 aliphatic carbocycles. The van der Waals surface area contributed by atoms with Gasteiger partial charge in [0.1, 0.15) is 18.4 Å².